The van der Waals surface area contributed by atoms with Crippen LogP contribution >= 0.6 is 11.6 Å². The van der Waals surface area contributed by atoms with Gasteiger partial charge >= 0.3 is 6.18 Å². The number of hydrogen-bond acceptors (Lipinski definition) is 4. The van der Waals surface area contributed by atoms with Gasteiger partial charge in [0.05, 0.1) is 15.5 Å². The standard InChI is InChI=1S/C17H18ClF3N2O4S2/c1-3-23(4-2)29(26,27)14-8-6-13(7-9-14)22-28(24,25)16-11-12(17(19,20)21)5-10-15(16)18/h5-11,22H,3-4H2,1-2H3. The highest BCUT2D eigenvalue weighted by Crippen LogP contribution is 2.34. The molecule has 29 heavy (non-hydrogen) atoms. The Hall–Kier alpha value is -1.82. The van der Waals surface area contributed by atoms with Crippen LogP contribution in [0.15, 0.2) is 52.3 Å². The van der Waals surface area contributed by atoms with Gasteiger partial charge < -0.3 is 0 Å². The first kappa shape index (κ1) is 23.5. The lowest BCUT2D eigenvalue weighted by molar-refractivity contribution is -0.137. The maximum Gasteiger partial charge on any atom is 0.416 e. The highest BCUT2D eigenvalue weighted by atomic mass is 35.5. The van der Waals surface area contributed by atoms with Crippen molar-refractivity contribution < 1.29 is 30.0 Å². The van der Waals surface area contributed by atoms with Crippen LogP contribution in [0.3, 0.4) is 0 Å². The molecular formula is C17H18ClF3N2O4S2. The van der Waals surface area contributed by atoms with Crippen molar-refractivity contribution in [2.45, 2.75) is 29.8 Å². The summed E-state index contributed by atoms with van der Waals surface area (Å²) in [5.74, 6) is 0. The summed E-state index contributed by atoms with van der Waals surface area (Å²) in [6, 6.07) is 6.78. The summed E-state index contributed by atoms with van der Waals surface area (Å²) in [4.78, 5) is -0.782. The molecule has 0 amide bonds. The van der Waals surface area contributed by atoms with Gasteiger partial charge in [0.1, 0.15) is 4.90 Å². The van der Waals surface area contributed by atoms with Crippen LogP contribution in [0, 0.1) is 0 Å². The summed E-state index contributed by atoms with van der Waals surface area (Å²) < 4.78 is 91.9. The Labute approximate surface area is 172 Å². The van der Waals surface area contributed by atoms with E-state index in [1.54, 1.807) is 13.8 Å². The maximum absolute atomic E-state index is 12.9. The largest absolute Gasteiger partial charge is 0.416 e. The molecule has 2 aromatic rings. The number of hydrogen-bond donors (Lipinski definition) is 1. The number of anilines is 1. The molecule has 0 saturated heterocycles. The average molecular weight is 471 g/mol. The van der Waals surface area contributed by atoms with E-state index in [4.69, 9.17) is 11.6 Å². The van der Waals surface area contributed by atoms with Crippen LogP contribution in [-0.4, -0.2) is 34.2 Å². The first-order valence-corrected chi connectivity index (χ1v) is 11.6. The van der Waals surface area contributed by atoms with Crippen LogP contribution in [0.2, 0.25) is 5.02 Å². The lowest BCUT2D eigenvalue weighted by atomic mass is 10.2. The quantitative estimate of drug-likeness (QED) is 0.657. The van der Waals surface area contributed by atoms with Gasteiger partial charge in [0.25, 0.3) is 10.0 Å². The summed E-state index contributed by atoms with van der Waals surface area (Å²) >= 11 is 5.78. The summed E-state index contributed by atoms with van der Waals surface area (Å²) in [7, 11) is -8.18. The molecule has 0 unspecified atom stereocenters. The van der Waals surface area contributed by atoms with E-state index in [0.29, 0.717) is 12.1 Å². The molecule has 2 aromatic carbocycles. The van der Waals surface area contributed by atoms with Crippen molar-refractivity contribution in [2.24, 2.45) is 0 Å². The number of nitrogens with zero attached hydrogens (tertiary/aromatic N) is 1. The van der Waals surface area contributed by atoms with E-state index in [9.17, 15) is 30.0 Å². The maximum atomic E-state index is 12.9. The van der Waals surface area contributed by atoms with E-state index in [2.05, 4.69) is 4.72 Å². The molecule has 0 aliphatic carbocycles. The monoisotopic (exact) mass is 470 g/mol. The third-order valence-electron chi connectivity index (χ3n) is 4.00. The Morgan fingerprint density at radius 2 is 1.52 bits per heavy atom. The zero-order valence-corrected chi connectivity index (χ0v) is 17.8. The van der Waals surface area contributed by atoms with Crippen molar-refractivity contribution in [1.82, 2.24) is 4.31 Å². The third-order valence-corrected chi connectivity index (χ3v) is 7.92. The second-order valence-electron chi connectivity index (χ2n) is 5.86. The van der Waals surface area contributed by atoms with E-state index < -0.39 is 36.7 Å². The number of halogens is 4. The topological polar surface area (TPSA) is 83.6 Å². The Morgan fingerprint density at radius 3 is 2.00 bits per heavy atom. The van der Waals surface area contributed by atoms with Crippen LogP contribution in [0.1, 0.15) is 19.4 Å². The molecule has 0 saturated carbocycles. The fourth-order valence-corrected chi connectivity index (χ4v) is 5.55. The summed E-state index contributed by atoms with van der Waals surface area (Å²) in [6.07, 6.45) is -4.74. The molecule has 12 heteroatoms. The van der Waals surface area contributed by atoms with Crippen molar-refractivity contribution in [3.8, 4) is 0 Å². The van der Waals surface area contributed by atoms with E-state index in [-0.39, 0.29) is 28.7 Å². The van der Waals surface area contributed by atoms with Crippen molar-refractivity contribution in [2.75, 3.05) is 17.8 Å². The zero-order valence-electron chi connectivity index (χ0n) is 15.4. The van der Waals surface area contributed by atoms with Crippen molar-refractivity contribution in [1.29, 1.82) is 0 Å². The van der Waals surface area contributed by atoms with E-state index in [0.717, 1.165) is 6.07 Å². The molecule has 2 rings (SSSR count). The lowest BCUT2D eigenvalue weighted by Crippen LogP contribution is -2.30. The fourth-order valence-electron chi connectivity index (χ4n) is 2.50. The van der Waals surface area contributed by atoms with E-state index in [1.807, 2.05) is 0 Å². The van der Waals surface area contributed by atoms with Crippen LogP contribution in [0.5, 0.6) is 0 Å². The van der Waals surface area contributed by atoms with Crippen LogP contribution in [0.25, 0.3) is 0 Å². The zero-order chi connectivity index (χ0) is 22.0. The minimum Gasteiger partial charge on any atom is -0.280 e. The fraction of sp³-hybridized carbons (Fsp3) is 0.294. The molecule has 0 atom stereocenters. The summed E-state index contributed by atoms with van der Waals surface area (Å²) in [6.45, 7) is 3.90. The molecule has 0 aliphatic heterocycles. The highest BCUT2D eigenvalue weighted by molar-refractivity contribution is 7.92. The van der Waals surface area contributed by atoms with Gasteiger partial charge in [-0.1, -0.05) is 25.4 Å². The minimum absolute atomic E-state index is 0.0306. The number of benzene rings is 2. The van der Waals surface area contributed by atoms with Gasteiger partial charge in [-0.05, 0) is 42.5 Å². The third kappa shape index (κ3) is 5.21. The Morgan fingerprint density at radius 1 is 0.966 bits per heavy atom. The van der Waals surface area contributed by atoms with Gasteiger partial charge in [-0.3, -0.25) is 4.72 Å². The lowest BCUT2D eigenvalue weighted by Gasteiger charge is -2.18. The van der Waals surface area contributed by atoms with Crippen molar-refractivity contribution >= 4 is 37.3 Å². The highest BCUT2D eigenvalue weighted by Gasteiger charge is 2.33. The average Bonchev–Trinajstić information content (AvgIpc) is 2.61. The van der Waals surface area contributed by atoms with Gasteiger partial charge in [0.2, 0.25) is 10.0 Å². The molecule has 0 spiro atoms. The van der Waals surface area contributed by atoms with Crippen LogP contribution in [0.4, 0.5) is 18.9 Å². The van der Waals surface area contributed by atoms with E-state index >= 15 is 0 Å². The van der Waals surface area contributed by atoms with E-state index in [1.165, 1.54) is 28.6 Å². The SMILES string of the molecule is CCN(CC)S(=O)(=O)c1ccc(NS(=O)(=O)c2cc(C(F)(F)F)ccc2Cl)cc1. The van der Waals surface area contributed by atoms with Gasteiger partial charge in [0, 0.05) is 18.8 Å². The van der Waals surface area contributed by atoms with Crippen LogP contribution in [-0.2, 0) is 26.2 Å². The first-order chi connectivity index (χ1) is 13.3. The second-order valence-corrected chi connectivity index (χ2v) is 9.86. The second kappa shape index (κ2) is 8.50. The molecule has 0 aliphatic rings. The predicted molar refractivity (Wildman–Crippen MR) is 104 cm³/mol. The molecule has 0 bridgehead atoms. The molecule has 0 fully saturated rings. The van der Waals surface area contributed by atoms with Crippen molar-refractivity contribution in [3.05, 3.63) is 53.1 Å². The minimum atomic E-state index is -4.74. The molecular weight excluding hydrogens is 453 g/mol. The van der Waals surface area contributed by atoms with Crippen molar-refractivity contribution in [3.63, 3.8) is 0 Å². The summed E-state index contributed by atoms with van der Waals surface area (Å²) in [5, 5.41) is -0.383. The first-order valence-electron chi connectivity index (χ1n) is 8.32. The molecule has 6 nitrogen and oxygen atoms in total. The van der Waals surface area contributed by atoms with Gasteiger partial charge in [-0.25, -0.2) is 16.8 Å². The van der Waals surface area contributed by atoms with Gasteiger partial charge in [-0.15, -0.1) is 0 Å². The normalized spacial score (nSPS) is 12.9. The number of sulfonamides is 2. The van der Waals surface area contributed by atoms with Gasteiger partial charge in [0.15, 0.2) is 0 Å². The summed E-state index contributed by atoms with van der Waals surface area (Å²) in [5.41, 5.74) is -1.19. The number of alkyl halides is 3. The molecule has 160 valence electrons. The van der Waals surface area contributed by atoms with Gasteiger partial charge in [-0.2, -0.15) is 17.5 Å². The Bertz CT molecular complexity index is 1080. The molecule has 0 heterocycles. The Kier molecular flexibility index (Phi) is 6.88. The predicted octanol–water partition coefficient (Wildman–Crippen LogP) is 4.19. The molecule has 0 aromatic heterocycles. The number of rotatable bonds is 7. The molecule has 0 radical (unpaired) electrons. The number of nitrogens with one attached hydrogen (secondary N) is 1. The smallest absolute Gasteiger partial charge is 0.280 e. The molecule has 1 N–H and O–H groups in total. The van der Waals surface area contributed by atoms with Crippen LogP contribution < -0.4 is 4.72 Å². The Balaban J connectivity index is 2.35.